The van der Waals surface area contributed by atoms with Crippen LogP contribution in [0, 0.1) is 0 Å². The minimum Gasteiger partial charge on any atom is -0.494 e. The molecule has 4 aromatic rings. The largest absolute Gasteiger partial charge is 0.494 e. The monoisotopic (exact) mass is 792 g/mol. The Morgan fingerprint density at radius 1 is 0.607 bits per heavy atom. The summed E-state index contributed by atoms with van der Waals surface area (Å²) < 4.78 is 110. The molecular formula is C42H43F7O7. The van der Waals surface area contributed by atoms with Crippen LogP contribution in [0.4, 0.5) is 30.7 Å². The van der Waals surface area contributed by atoms with Crippen molar-refractivity contribution >= 4 is 28.7 Å². The molecule has 14 heteroatoms. The molecule has 0 radical (unpaired) electrons. The third-order valence-corrected chi connectivity index (χ3v) is 8.89. The number of esters is 3. The Bertz CT molecular complexity index is 1910. The molecule has 1 atom stereocenters. The number of benzene rings is 4. The number of unbranched alkanes of at least 4 members (excludes halogenated alkanes) is 6. The first-order valence-corrected chi connectivity index (χ1v) is 18.3. The van der Waals surface area contributed by atoms with E-state index in [1.54, 1.807) is 72.8 Å². The van der Waals surface area contributed by atoms with E-state index in [2.05, 4.69) is 11.7 Å². The predicted octanol–water partition coefficient (Wildman–Crippen LogP) is 11.6. The van der Waals surface area contributed by atoms with E-state index in [0.29, 0.717) is 41.9 Å². The minimum atomic E-state index is -6.61. The second-order valence-electron chi connectivity index (χ2n) is 13.3. The molecule has 56 heavy (non-hydrogen) atoms. The lowest BCUT2D eigenvalue weighted by Gasteiger charge is -2.26. The molecule has 0 unspecified atom stereocenters. The van der Waals surface area contributed by atoms with E-state index < -0.39 is 36.6 Å². The highest BCUT2D eigenvalue weighted by molar-refractivity contribution is 5.96. The van der Waals surface area contributed by atoms with E-state index in [1.165, 1.54) is 6.42 Å². The molecule has 0 aliphatic rings. The molecule has 0 fully saturated rings. The zero-order valence-corrected chi connectivity index (χ0v) is 30.9. The van der Waals surface area contributed by atoms with Crippen LogP contribution < -0.4 is 9.47 Å². The second kappa shape index (κ2) is 19.6. The van der Waals surface area contributed by atoms with E-state index in [0.717, 1.165) is 47.6 Å². The van der Waals surface area contributed by atoms with Crippen molar-refractivity contribution in [2.45, 2.75) is 95.8 Å². The molecule has 0 N–H and O–H groups in total. The first-order chi connectivity index (χ1) is 26.5. The fraction of sp³-hybridized carbons (Fsp3) is 0.405. The van der Waals surface area contributed by atoms with E-state index in [-0.39, 0.29) is 25.1 Å². The normalized spacial score (nSPS) is 12.6. The van der Waals surface area contributed by atoms with Crippen molar-refractivity contribution < 1.29 is 64.1 Å². The summed E-state index contributed by atoms with van der Waals surface area (Å²) in [7, 11) is 0. The molecule has 7 nitrogen and oxygen atoms in total. The molecule has 0 aliphatic carbocycles. The summed E-state index contributed by atoms with van der Waals surface area (Å²) in [5.74, 6) is -15.5. The van der Waals surface area contributed by atoms with Crippen LogP contribution in [0.15, 0.2) is 84.9 Å². The van der Waals surface area contributed by atoms with E-state index in [9.17, 15) is 45.1 Å². The van der Waals surface area contributed by atoms with Crippen LogP contribution in [0.5, 0.6) is 11.5 Å². The lowest BCUT2D eigenvalue weighted by molar-refractivity contribution is -0.348. The zero-order valence-electron chi connectivity index (χ0n) is 30.9. The van der Waals surface area contributed by atoms with Gasteiger partial charge in [0.25, 0.3) is 0 Å². The highest BCUT2D eigenvalue weighted by atomic mass is 19.4. The highest BCUT2D eigenvalue weighted by Crippen LogP contribution is 2.47. The fourth-order valence-corrected chi connectivity index (χ4v) is 5.60. The lowest BCUT2D eigenvalue weighted by Crippen LogP contribution is -2.56. The Morgan fingerprint density at radius 2 is 1.16 bits per heavy atom. The summed E-state index contributed by atoms with van der Waals surface area (Å²) in [5, 5.41) is 1.59. The number of carbonyl (C=O) groups excluding carboxylic acids is 3. The second-order valence-corrected chi connectivity index (χ2v) is 13.3. The number of ether oxygens (including phenoxy) is 4. The van der Waals surface area contributed by atoms with Crippen molar-refractivity contribution in [3.05, 3.63) is 96.1 Å². The van der Waals surface area contributed by atoms with Gasteiger partial charge in [-0.2, -0.15) is 30.7 Å². The average Bonchev–Trinajstić information content (AvgIpc) is 3.17. The van der Waals surface area contributed by atoms with Gasteiger partial charge in [-0.1, -0.05) is 62.6 Å². The predicted molar refractivity (Wildman–Crippen MR) is 195 cm³/mol. The Hall–Kier alpha value is -5.14. The zero-order chi connectivity index (χ0) is 40.9. The molecular weight excluding hydrogens is 749 g/mol. The van der Waals surface area contributed by atoms with Crippen LogP contribution in [0.25, 0.3) is 21.9 Å². The van der Waals surface area contributed by atoms with Crippen molar-refractivity contribution in [3.63, 3.8) is 0 Å². The smallest absolute Gasteiger partial charge is 0.460 e. The number of alkyl halides is 7. The van der Waals surface area contributed by atoms with Crippen LogP contribution in [0.1, 0.15) is 92.4 Å². The summed E-state index contributed by atoms with van der Waals surface area (Å²) in [4.78, 5) is 36.8. The van der Waals surface area contributed by atoms with Crippen LogP contribution >= 0.6 is 0 Å². The van der Waals surface area contributed by atoms with Gasteiger partial charge in [0.2, 0.25) is 0 Å². The number of carbonyl (C=O) groups is 3. The van der Waals surface area contributed by atoms with Gasteiger partial charge in [-0.15, -0.1) is 0 Å². The molecule has 0 saturated carbocycles. The van der Waals surface area contributed by atoms with Crippen molar-refractivity contribution in [2.24, 2.45) is 0 Å². The summed E-state index contributed by atoms with van der Waals surface area (Å²) in [6, 6.07) is 24.4. The van der Waals surface area contributed by atoms with Gasteiger partial charge in [0, 0.05) is 0 Å². The first-order valence-electron chi connectivity index (χ1n) is 18.3. The highest BCUT2D eigenvalue weighted by Gasteiger charge is 2.77. The van der Waals surface area contributed by atoms with Crippen molar-refractivity contribution in [2.75, 3.05) is 13.2 Å². The number of halogens is 7. The van der Waals surface area contributed by atoms with Gasteiger partial charge >= 0.3 is 35.9 Å². The summed E-state index contributed by atoms with van der Waals surface area (Å²) in [5.41, 5.74) is 2.48. The number of rotatable bonds is 20. The first kappa shape index (κ1) is 43.6. The van der Waals surface area contributed by atoms with Gasteiger partial charge in [-0.05, 0) is 116 Å². The Balaban J connectivity index is 1.18. The van der Waals surface area contributed by atoms with Crippen molar-refractivity contribution in [1.82, 2.24) is 0 Å². The van der Waals surface area contributed by atoms with Crippen LogP contribution in [0.3, 0.4) is 0 Å². The Labute approximate surface area is 320 Å². The molecule has 0 heterocycles. The van der Waals surface area contributed by atoms with E-state index >= 15 is 0 Å². The number of hydrogen-bond acceptors (Lipinski definition) is 7. The third kappa shape index (κ3) is 11.7. The molecule has 4 rings (SSSR count). The molecule has 0 amide bonds. The summed E-state index contributed by atoms with van der Waals surface area (Å²) in [6.45, 7) is 3.59. The van der Waals surface area contributed by atoms with Crippen LogP contribution in [-0.4, -0.2) is 55.2 Å². The lowest BCUT2D eigenvalue weighted by atomic mass is 10.0. The van der Waals surface area contributed by atoms with E-state index in [1.807, 2.05) is 19.1 Å². The van der Waals surface area contributed by atoms with Gasteiger partial charge in [0.1, 0.15) is 11.5 Å². The quantitative estimate of drug-likeness (QED) is 0.0381. The minimum absolute atomic E-state index is 0.0195. The SMILES string of the molecule is CCCCCC[C@H](C)OC(=O)c1ccc2cc(OC(=O)c3ccc(-c4ccc(OCCCCCCOC(=O)C(F)(F)C(F)(F)C(F)(F)F)cc4)cc3)ccc2c1. The van der Waals surface area contributed by atoms with Gasteiger partial charge in [-0.25, -0.2) is 14.4 Å². The topological polar surface area (TPSA) is 88.1 Å². The maximum atomic E-state index is 13.3. The van der Waals surface area contributed by atoms with Crippen LogP contribution in [-0.2, 0) is 14.3 Å². The van der Waals surface area contributed by atoms with Gasteiger partial charge in [-0.3, -0.25) is 0 Å². The molecule has 302 valence electrons. The number of fused-ring (bicyclic) bond motifs is 1. The molecule has 4 aromatic carbocycles. The summed E-state index contributed by atoms with van der Waals surface area (Å²) >= 11 is 0. The van der Waals surface area contributed by atoms with Gasteiger partial charge in [0.05, 0.1) is 30.4 Å². The number of hydrogen-bond donors (Lipinski definition) is 0. The van der Waals surface area contributed by atoms with Gasteiger partial charge < -0.3 is 18.9 Å². The Kier molecular flexibility index (Phi) is 15.3. The molecule has 0 bridgehead atoms. The molecule has 0 saturated heterocycles. The van der Waals surface area contributed by atoms with Crippen LogP contribution in [0.2, 0.25) is 0 Å². The molecule has 0 spiro atoms. The maximum absolute atomic E-state index is 13.3. The molecule has 0 aliphatic heterocycles. The summed E-state index contributed by atoms with van der Waals surface area (Å²) in [6.07, 6.45) is -0.222. The van der Waals surface area contributed by atoms with E-state index in [4.69, 9.17) is 14.2 Å². The average molecular weight is 793 g/mol. The fourth-order valence-electron chi connectivity index (χ4n) is 5.60. The van der Waals surface area contributed by atoms with Gasteiger partial charge in [0.15, 0.2) is 0 Å². The van der Waals surface area contributed by atoms with Crippen molar-refractivity contribution in [1.29, 1.82) is 0 Å². The Morgan fingerprint density at radius 3 is 1.80 bits per heavy atom. The maximum Gasteiger partial charge on any atom is 0.460 e. The molecule has 0 aromatic heterocycles. The van der Waals surface area contributed by atoms with Crippen molar-refractivity contribution in [3.8, 4) is 22.6 Å². The third-order valence-electron chi connectivity index (χ3n) is 8.89. The standard InChI is InChI=1S/C42H43F7O7/c1-3-4-5-8-11-28(2)55-38(51)34-17-16-33-27-36(23-20-32(33)26-34)56-37(50)31-14-12-29(13-15-31)30-18-21-35(22-19-30)53-24-9-6-7-10-25-54-39(52)40(43,44)41(45,46)42(47,48)49/h12-23,26-28H,3-11,24-25H2,1-2H3/t28-/m0/s1.